The summed E-state index contributed by atoms with van der Waals surface area (Å²) in [5.41, 5.74) is 1.24. The van der Waals surface area contributed by atoms with Gasteiger partial charge in [0.25, 0.3) is 0 Å². The van der Waals surface area contributed by atoms with Gasteiger partial charge in [0.05, 0.1) is 13.4 Å². The largest absolute Gasteiger partial charge is 0.497 e. The van der Waals surface area contributed by atoms with E-state index in [0.29, 0.717) is 19.0 Å². The van der Waals surface area contributed by atoms with Crippen LogP contribution in [0.4, 0.5) is 0 Å². The summed E-state index contributed by atoms with van der Waals surface area (Å²) >= 11 is 0. The lowest BCUT2D eigenvalue weighted by Gasteiger charge is -2.30. The van der Waals surface area contributed by atoms with Gasteiger partial charge in [0.1, 0.15) is 5.75 Å². The molecule has 27 heavy (non-hydrogen) atoms. The molecule has 1 aliphatic heterocycles. The Morgan fingerprint density at radius 3 is 2.37 bits per heavy atom. The lowest BCUT2D eigenvalue weighted by molar-refractivity contribution is 0.275. The van der Waals surface area contributed by atoms with Crippen molar-refractivity contribution >= 4 is 40.0 Å². The highest BCUT2D eigenvalue weighted by atomic mass is 127. The van der Waals surface area contributed by atoms with E-state index < -0.39 is 10.0 Å². The Morgan fingerprint density at radius 1 is 1.22 bits per heavy atom. The minimum Gasteiger partial charge on any atom is -0.497 e. The molecule has 1 heterocycles. The van der Waals surface area contributed by atoms with Crippen molar-refractivity contribution in [3.63, 3.8) is 0 Å². The Labute approximate surface area is 180 Å². The van der Waals surface area contributed by atoms with Crippen LogP contribution in [0.2, 0.25) is 0 Å². The second kappa shape index (κ2) is 11.7. The predicted molar refractivity (Wildman–Crippen MR) is 121 cm³/mol. The Balaban J connectivity index is 0.00000364. The summed E-state index contributed by atoms with van der Waals surface area (Å²) in [7, 11) is 0.364. The van der Waals surface area contributed by atoms with Crippen LogP contribution in [-0.4, -0.2) is 65.3 Å². The van der Waals surface area contributed by atoms with E-state index in [2.05, 4.69) is 27.8 Å². The van der Waals surface area contributed by atoms with E-state index >= 15 is 0 Å². The SMILES string of the molecule is CN=C(NCCc1ccc(OC)cc1)NCC1CCN(S(C)(=O)=O)CC1.I. The van der Waals surface area contributed by atoms with Gasteiger partial charge in [0, 0.05) is 33.2 Å². The number of hydrogen-bond donors (Lipinski definition) is 2. The quantitative estimate of drug-likeness (QED) is 0.332. The molecule has 1 fully saturated rings. The molecule has 0 bridgehead atoms. The molecular weight excluding hydrogens is 479 g/mol. The van der Waals surface area contributed by atoms with Gasteiger partial charge in [0.15, 0.2) is 5.96 Å². The average molecular weight is 510 g/mol. The van der Waals surface area contributed by atoms with Crippen molar-refractivity contribution in [2.45, 2.75) is 19.3 Å². The van der Waals surface area contributed by atoms with Gasteiger partial charge < -0.3 is 15.4 Å². The third kappa shape index (κ3) is 8.22. The van der Waals surface area contributed by atoms with Crippen molar-refractivity contribution < 1.29 is 13.2 Å². The topological polar surface area (TPSA) is 83.0 Å². The molecule has 0 radical (unpaired) electrons. The van der Waals surface area contributed by atoms with Gasteiger partial charge in [-0.2, -0.15) is 0 Å². The zero-order chi connectivity index (χ0) is 19.0. The van der Waals surface area contributed by atoms with Gasteiger partial charge in [0.2, 0.25) is 10.0 Å². The summed E-state index contributed by atoms with van der Waals surface area (Å²) < 4.78 is 29.8. The zero-order valence-electron chi connectivity index (χ0n) is 16.3. The molecule has 9 heteroatoms. The Hall–Kier alpha value is -1.07. The van der Waals surface area contributed by atoms with E-state index in [1.807, 2.05) is 12.1 Å². The van der Waals surface area contributed by atoms with Gasteiger partial charge in [-0.1, -0.05) is 12.1 Å². The first-order valence-corrected chi connectivity index (χ1v) is 10.8. The molecule has 1 aromatic carbocycles. The van der Waals surface area contributed by atoms with Crippen LogP contribution < -0.4 is 15.4 Å². The fraction of sp³-hybridized carbons (Fsp3) is 0.611. The number of rotatable bonds is 7. The maximum atomic E-state index is 11.6. The van der Waals surface area contributed by atoms with Crippen LogP contribution in [0.25, 0.3) is 0 Å². The second-order valence-corrected chi connectivity index (χ2v) is 8.57. The molecule has 1 saturated heterocycles. The predicted octanol–water partition coefficient (Wildman–Crippen LogP) is 1.69. The molecule has 0 amide bonds. The van der Waals surface area contributed by atoms with E-state index in [0.717, 1.165) is 44.1 Å². The number of guanidine groups is 1. The molecule has 0 spiro atoms. The maximum Gasteiger partial charge on any atom is 0.211 e. The summed E-state index contributed by atoms with van der Waals surface area (Å²) in [6.07, 6.45) is 3.93. The fourth-order valence-electron chi connectivity index (χ4n) is 3.02. The smallest absolute Gasteiger partial charge is 0.211 e. The van der Waals surface area contributed by atoms with Crippen LogP contribution in [0.1, 0.15) is 18.4 Å². The van der Waals surface area contributed by atoms with Crippen LogP contribution in [0.3, 0.4) is 0 Å². The number of methoxy groups -OCH3 is 1. The van der Waals surface area contributed by atoms with E-state index in [9.17, 15) is 8.42 Å². The molecule has 0 saturated carbocycles. The molecule has 1 aromatic rings. The van der Waals surface area contributed by atoms with Crippen molar-refractivity contribution in [3.8, 4) is 5.75 Å². The number of piperidine rings is 1. The number of halogens is 1. The lowest BCUT2D eigenvalue weighted by Crippen LogP contribution is -2.44. The maximum absolute atomic E-state index is 11.6. The van der Waals surface area contributed by atoms with Gasteiger partial charge in [-0.3, -0.25) is 4.99 Å². The molecule has 0 atom stereocenters. The number of benzene rings is 1. The monoisotopic (exact) mass is 510 g/mol. The first-order valence-electron chi connectivity index (χ1n) is 8.95. The first kappa shape index (κ1) is 24.0. The van der Waals surface area contributed by atoms with Crippen molar-refractivity contribution in [2.24, 2.45) is 10.9 Å². The van der Waals surface area contributed by atoms with E-state index in [1.165, 1.54) is 11.8 Å². The van der Waals surface area contributed by atoms with Gasteiger partial charge in [-0.15, -0.1) is 24.0 Å². The number of sulfonamides is 1. The normalized spacial score (nSPS) is 16.5. The number of ether oxygens (including phenoxy) is 1. The third-order valence-electron chi connectivity index (χ3n) is 4.69. The molecule has 2 N–H and O–H groups in total. The molecule has 0 unspecified atom stereocenters. The average Bonchev–Trinajstić information content (AvgIpc) is 2.64. The number of nitrogens with zero attached hydrogens (tertiary/aromatic N) is 2. The van der Waals surface area contributed by atoms with Crippen molar-refractivity contribution in [2.75, 3.05) is 46.6 Å². The highest BCUT2D eigenvalue weighted by Gasteiger charge is 2.24. The number of nitrogens with one attached hydrogen (secondary N) is 2. The zero-order valence-corrected chi connectivity index (χ0v) is 19.4. The van der Waals surface area contributed by atoms with E-state index in [-0.39, 0.29) is 24.0 Å². The molecule has 7 nitrogen and oxygen atoms in total. The number of aliphatic imine (C=N–C) groups is 1. The lowest BCUT2D eigenvalue weighted by atomic mass is 9.98. The standard InChI is InChI=1S/C18H30N4O3S.HI/c1-19-18(20-11-8-15-4-6-17(25-2)7-5-15)21-14-16-9-12-22(13-10-16)26(3,23)24;/h4-7,16H,8-14H2,1-3H3,(H2,19,20,21);1H. The number of hydrogen-bond acceptors (Lipinski definition) is 4. The summed E-state index contributed by atoms with van der Waals surface area (Å²) in [6, 6.07) is 8.05. The first-order chi connectivity index (χ1) is 12.4. The van der Waals surface area contributed by atoms with Crippen LogP contribution in [-0.2, 0) is 16.4 Å². The van der Waals surface area contributed by atoms with Gasteiger partial charge in [-0.05, 0) is 42.9 Å². The van der Waals surface area contributed by atoms with Crippen LogP contribution >= 0.6 is 24.0 Å². The summed E-state index contributed by atoms with van der Waals surface area (Å²) in [6.45, 7) is 2.81. The fourth-order valence-corrected chi connectivity index (χ4v) is 3.90. The highest BCUT2D eigenvalue weighted by molar-refractivity contribution is 14.0. The molecule has 0 aliphatic carbocycles. The van der Waals surface area contributed by atoms with Crippen molar-refractivity contribution in [1.29, 1.82) is 0 Å². The second-order valence-electron chi connectivity index (χ2n) is 6.58. The summed E-state index contributed by atoms with van der Waals surface area (Å²) in [4.78, 5) is 4.25. The Morgan fingerprint density at radius 2 is 1.85 bits per heavy atom. The van der Waals surface area contributed by atoms with Crippen LogP contribution in [0.15, 0.2) is 29.3 Å². The summed E-state index contributed by atoms with van der Waals surface area (Å²) in [5.74, 6) is 2.11. The molecule has 154 valence electrons. The summed E-state index contributed by atoms with van der Waals surface area (Å²) in [5, 5.41) is 6.67. The van der Waals surface area contributed by atoms with E-state index in [1.54, 1.807) is 18.5 Å². The van der Waals surface area contributed by atoms with Crippen molar-refractivity contribution in [3.05, 3.63) is 29.8 Å². The molecule has 1 aliphatic rings. The van der Waals surface area contributed by atoms with Crippen molar-refractivity contribution in [1.82, 2.24) is 14.9 Å². The van der Waals surface area contributed by atoms with Crippen LogP contribution in [0.5, 0.6) is 5.75 Å². The Kier molecular flexibility index (Phi) is 10.4. The van der Waals surface area contributed by atoms with Gasteiger partial charge >= 0.3 is 0 Å². The third-order valence-corrected chi connectivity index (χ3v) is 5.99. The molecular formula is C18H31IN4O3S. The minimum absolute atomic E-state index is 0. The molecule has 2 rings (SSSR count). The van der Waals surface area contributed by atoms with Crippen LogP contribution in [0, 0.1) is 5.92 Å². The van der Waals surface area contributed by atoms with E-state index in [4.69, 9.17) is 4.74 Å². The Bertz CT molecular complexity index is 687. The minimum atomic E-state index is -3.06. The van der Waals surface area contributed by atoms with Gasteiger partial charge in [-0.25, -0.2) is 12.7 Å². The molecule has 0 aromatic heterocycles. The highest BCUT2D eigenvalue weighted by Crippen LogP contribution is 2.18.